The SMILES string of the molecule is Cc1ccc(S(=O)(=O)N(CC(=O)N/N=C\c2cc(Br)c(C)o2)c2ccccc2F)cc1. The predicted octanol–water partition coefficient (Wildman–Crippen LogP) is 4.14. The molecule has 0 aliphatic rings. The summed E-state index contributed by atoms with van der Waals surface area (Å²) in [6.45, 7) is 2.90. The number of carbonyl (C=O) groups is 1. The first kappa shape index (κ1) is 22.7. The zero-order valence-electron chi connectivity index (χ0n) is 16.7. The minimum atomic E-state index is -4.21. The van der Waals surface area contributed by atoms with E-state index in [-0.39, 0.29) is 10.6 Å². The van der Waals surface area contributed by atoms with Crippen molar-refractivity contribution in [1.82, 2.24) is 5.43 Å². The Morgan fingerprint density at radius 1 is 1.19 bits per heavy atom. The number of aryl methyl sites for hydroxylation is 2. The van der Waals surface area contributed by atoms with Crippen molar-refractivity contribution in [1.29, 1.82) is 0 Å². The largest absolute Gasteiger partial charge is 0.459 e. The molecular weight excluding hydrogens is 489 g/mol. The highest BCUT2D eigenvalue weighted by molar-refractivity contribution is 9.10. The van der Waals surface area contributed by atoms with Crippen LogP contribution < -0.4 is 9.73 Å². The van der Waals surface area contributed by atoms with Crippen LogP contribution in [0.25, 0.3) is 0 Å². The third-order valence-corrected chi connectivity index (χ3v) is 6.84. The van der Waals surface area contributed by atoms with E-state index in [4.69, 9.17) is 4.42 Å². The summed E-state index contributed by atoms with van der Waals surface area (Å²) in [7, 11) is -4.21. The number of halogens is 2. The Bertz CT molecular complexity index is 1200. The molecule has 31 heavy (non-hydrogen) atoms. The Balaban J connectivity index is 1.85. The van der Waals surface area contributed by atoms with E-state index in [1.165, 1.54) is 36.5 Å². The van der Waals surface area contributed by atoms with Crippen molar-refractivity contribution in [3.8, 4) is 0 Å². The van der Waals surface area contributed by atoms with E-state index in [9.17, 15) is 17.6 Å². The molecule has 0 aliphatic carbocycles. The summed E-state index contributed by atoms with van der Waals surface area (Å²) in [5.74, 6) is -0.492. The van der Waals surface area contributed by atoms with E-state index in [2.05, 4.69) is 26.5 Å². The molecule has 1 aromatic heterocycles. The van der Waals surface area contributed by atoms with E-state index in [1.807, 2.05) is 6.92 Å². The highest BCUT2D eigenvalue weighted by atomic mass is 79.9. The number of benzene rings is 2. The maximum Gasteiger partial charge on any atom is 0.264 e. The number of carbonyl (C=O) groups excluding carboxylic acids is 1. The van der Waals surface area contributed by atoms with Crippen molar-refractivity contribution in [2.45, 2.75) is 18.7 Å². The average Bonchev–Trinajstić information content (AvgIpc) is 3.04. The van der Waals surface area contributed by atoms with Gasteiger partial charge in [-0.25, -0.2) is 18.2 Å². The quantitative estimate of drug-likeness (QED) is 0.384. The van der Waals surface area contributed by atoms with Gasteiger partial charge in [0.05, 0.1) is 21.3 Å². The molecule has 7 nitrogen and oxygen atoms in total. The minimum absolute atomic E-state index is 0.0615. The molecule has 0 saturated carbocycles. The van der Waals surface area contributed by atoms with Gasteiger partial charge in [0.2, 0.25) is 0 Å². The van der Waals surface area contributed by atoms with Gasteiger partial charge in [-0.3, -0.25) is 9.10 Å². The first-order valence-corrected chi connectivity index (χ1v) is 11.3. The number of nitrogens with zero attached hydrogens (tertiary/aromatic N) is 2. The number of hydrogen-bond donors (Lipinski definition) is 1. The fraction of sp³-hybridized carbons (Fsp3) is 0.143. The van der Waals surface area contributed by atoms with Gasteiger partial charge in [0, 0.05) is 6.07 Å². The van der Waals surface area contributed by atoms with E-state index in [0.717, 1.165) is 16.1 Å². The van der Waals surface area contributed by atoms with Gasteiger partial charge in [0.15, 0.2) is 0 Å². The molecule has 3 rings (SSSR count). The number of furan rings is 1. The van der Waals surface area contributed by atoms with Crippen molar-refractivity contribution in [2.24, 2.45) is 5.10 Å². The Labute approximate surface area is 187 Å². The fourth-order valence-corrected chi connectivity index (χ4v) is 4.41. The number of hydrogen-bond acceptors (Lipinski definition) is 5. The van der Waals surface area contributed by atoms with E-state index < -0.39 is 28.3 Å². The van der Waals surface area contributed by atoms with Gasteiger partial charge < -0.3 is 4.42 Å². The van der Waals surface area contributed by atoms with Crippen LogP contribution in [0.3, 0.4) is 0 Å². The first-order valence-electron chi connectivity index (χ1n) is 9.10. The smallest absolute Gasteiger partial charge is 0.264 e. The van der Waals surface area contributed by atoms with E-state index in [0.29, 0.717) is 15.8 Å². The van der Waals surface area contributed by atoms with E-state index >= 15 is 0 Å². The molecule has 3 aromatic rings. The number of anilines is 1. The minimum Gasteiger partial charge on any atom is -0.459 e. The molecule has 2 aromatic carbocycles. The predicted molar refractivity (Wildman–Crippen MR) is 119 cm³/mol. The molecule has 10 heteroatoms. The number of para-hydroxylation sites is 1. The summed E-state index contributed by atoms with van der Waals surface area (Å²) in [5, 5.41) is 3.78. The van der Waals surface area contributed by atoms with Crippen LogP contribution in [0.1, 0.15) is 17.1 Å². The second-order valence-electron chi connectivity index (χ2n) is 6.62. The first-order chi connectivity index (χ1) is 14.7. The van der Waals surface area contributed by atoms with Crippen LogP contribution in [-0.2, 0) is 14.8 Å². The summed E-state index contributed by atoms with van der Waals surface area (Å²) in [6, 6.07) is 13.1. The van der Waals surface area contributed by atoms with E-state index in [1.54, 1.807) is 25.1 Å². The molecule has 162 valence electrons. The third kappa shape index (κ3) is 5.39. The van der Waals surface area contributed by atoms with Gasteiger partial charge in [0.1, 0.15) is 23.9 Å². The third-order valence-electron chi connectivity index (χ3n) is 4.27. The summed E-state index contributed by atoms with van der Waals surface area (Å²) in [5.41, 5.74) is 2.86. The van der Waals surface area contributed by atoms with Crippen molar-refractivity contribution >= 4 is 43.8 Å². The normalized spacial score (nSPS) is 11.6. The Morgan fingerprint density at radius 2 is 1.87 bits per heavy atom. The van der Waals surface area contributed by atoms with Crippen LogP contribution in [0.5, 0.6) is 0 Å². The molecular formula is C21H19BrFN3O4S. The number of hydrazone groups is 1. The standard InChI is InChI=1S/C21H19BrFN3O4S/c1-14-7-9-17(10-8-14)31(28,29)26(20-6-4-3-5-19(20)23)13-21(27)25-24-12-16-11-18(22)15(2)30-16/h3-12H,13H2,1-2H3,(H,25,27)/b24-12-. The topological polar surface area (TPSA) is 92.0 Å². The monoisotopic (exact) mass is 507 g/mol. The lowest BCUT2D eigenvalue weighted by Gasteiger charge is -2.24. The Kier molecular flexibility index (Phi) is 6.91. The van der Waals surface area contributed by atoms with Gasteiger partial charge in [-0.15, -0.1) is 0 Å². The molecule has 1 amide bonds. The fourth-order valence-electron chi connectivity index (χ4n) is 2.67. The van der Waals surface area contributed by atoms with Crippen LogP contribution in [0.15, 0.2) is 73.5 Å². The van der Waals surface area contributed by atoms with Gasteiger partial charge in [0.25, 0.3) is 15.9 Å². The molecule has 0 atom stereocenters. The highest BCUT2D eigenvalue weighted by Crippen LogP contribution is 2.26. The zero-order chi connectivity index (χ0) is 22.6. The molecule has 0 unspecified atom stereocenters. The van der Waals surface area contributed by atoms with Gasteiger partial charge in [-0.1, -0.05) is 29.8 Å². The molecule has 0 bridgehead atoms. The van der Waals surface area contributed by atoms with Crippen LogP contribution in [0.4, 0.5) is 10.1 Å². The second-order valence-corrected chi connectivity index (χ2v) is 9.34. The van der Waals surface area contributed by atoms with Gasteiger partial charge in [-0.05, 0) is 54.0 Å². The summed E-state index contributed by atoms with van der Waals surface area (Å²) >= 11 is 3.30. The summed E-state index contributed by atoms with van der Waals surface area (Å²) in [6.07, 6.45) is 1.28. The maximum absolute atomic E-state index is 14.4. The van der Waals surface area contributed by atoms with Gasteiger partial charge >= 0.3 is 0 Å². The lowest BCUT2D eigenvalue weighted by Crippen LogP contribution is -2.40. The van der Waals surface area contributed by atoms with Crippen LogP contribution in [0, 0.1) is 19.7 Å². The molecule has 0 spiro atoms. The van der Waals surface area contributed by atoms with Crippen LogP contribution >= 0.6 is 15.9 Å². The Hall–Kier alpha value is -2.98. The molecule has 0 aliphatic heterocycles. The van der Waals surface area contributed by atoms with Crippen molar-refractivity contribution in [3.63, 3.8) is 0 Å². The molecule has 0 fully saturated rings. The molecule has 1 heterocycles. The molecule has 0 saturated heterocycles. The highest BCUT2D eigenvalue weighted by Gasteiger charge is 2.29. The molecule has 1 N–H and O–H groups in total. The Morgan fingerprint density at radius 3 is 2.48 bits per heavy atom. The number of rotatable bonds is 7. The second kappa shape index (κ2) is 9.44. The zero-order valence-corrected chi connectivity index (χ0v) is 19.1. The number of sulfonamides is 1. The average molecular weight is 508 g/mol. The maximum atomic E-state index is 14.4. The van der Waals surface area contributed by atoms with Crippen molar-refractivity contribution in [2.75, 3.05) is 10.8 Å². The number of amides is 1. The molecule has 0 radical (unpaired) electrons. The lowest BCUT2D eigenvalue weighted by molar-refractivity contribution is -0.119. The lowest BCUT2D eigenvalue weighted by atomic mass is 10.2. The van der Waals surface area contributed by atoms with Crippen LogP contribution in [0.2, 0.25) is 0 Å². The van der Waals surface area contributed by atoms with Gasteiger partial charge in [-0.2, -0.15) is 5.10 Å². The summed E-state index contributed by atoms with van der Waals surface area (Å²) in [4.78, 5) is 12.4. The number of nitrogens with one attached hydrogen (secondary N) is 1. The van der Waals surface area contributed by atoms with Crippen molar-refractivity contribution < 1.29 is 22.0 Å². The summed E-state index contributed by atoms with van der Waals surface area (Å²) < 4.78 is 47.6. The van der Waals surface area contributed by atoms with Crippen LogP contribution in [-0.4, -0.2) is 27.1 Å². The van der Waals surface area contributed by atoms with Crippen molar-refractivity contribution in [3.05, 3.63) is 82.0 Å².